The smallest absolute Gasteiger partial charge is 0.341 e. The Morgan fingerprint density at radius 3 is 2.60 bits per heavy atom. The van der Waals surface area contributed by atoms with Gasteiger partial charge in [-0.1, -0.05) is 0 Å². The van der Waals surface area contributed by atoms with E-state index in [1.165, 1.54) is 4.68 Å². The van der Waals surface area contributed by atoms with E-state index < -0.39 is 17.9 Å². The number of hydrogen-bond acceptors (Lipinski definition) is 6. The Balaban J connectivity index is 2.34. The van der Waals surface area contributed by atoms with Crippen LogP contribution in [0.3, 0.4) is 0 Å². The van der Waals surface area contributed by atoms with Crippen LogP contribution in [0.4, 0.5) is 5.00 Å². The van der Waals surface area contributed by atoms with E-state index in [4.69, 9.17) is 10.5 Å². The van der Waals surface area contributed by atoms with E-state index >= 15 is 0 Å². The molecule has 2 heterocycles. The Kier molecular flexibility index (Phi) is 5.58. The zero-order valence-corrected chi connectivity index (χ0v) is 15.3. The second kappa shape index (κ2) is 7.47. The summed E-state index contributed by atoms with van der Waals surface area (Å²) in [5.41, 5.74) is 6.68. The summed E-state index contributed by atoms with van der Waals surface area (Å²) < 4.78 is 6.54. The van der Waals surface area contributed by atoms with E-state index in [2.05, 4.69) is 10.4 Å². The lowest BCUT2D eigenvalue weighted by Gasteiger charge is -2.13. The molecule has 1 atom stereocenters. The maximum Gasteiger partial charge on any atom is 0.341 e. The predicted octanol–water partition coefficient (Wildman–Crippen LogP) is 2.04. The van der Waals surface area contributed by atoms with Gasteiger partial charge in [0.2, 0.25) is 5.91 Å². The van der Waals surface area contributed by atoms with Gasteiger partial charge in [0.15, 0.2) is 0 Å². The molecule has 0 bridgehead atoms. The number of aromatic nitrogens is 2. The molecule has 2 aromatic rings. The van der Waals surface area contributed by atoms with Gasteiger partial charge in [-0.05, 0) is 39.3 Å². The molecule has 8 nitrogen and oxygen atoms in total. The van der Waals surface area contributed by atoms with E-state index in [-0.39, 0.29) is 28.0 Å². The average Bonchev–Trinajstić information content (AvgIpc) is 3.10. The van der Waals surface area contributed by atoms with Gasteiger partial charge in [0.05, 0.1) is 22.7 Å². The minimum Gasteiger partial charge on any atom is -0.462 e. The Labute approximate surface area is 149 Å². The van der Waals surface area contributed by atoms with Gasteiger partial charge in [-0.15, -0.1) is 11.3 Å². The Morgan fingerprint density at radius 1 is 1.40 bits per heavy atom. The quantitative estimate of drug-likeness (QED) is 0.761. The highest BCUT2D eigenvalue weighted by Gasteiger charge is 2.27. The molecule has 0 aromatic carbocycles. The number of nitrogens with one attached hydrogen (secondary N) is 1. The molecule has 9 heteroatoms. The summed E-state index contributed by atoms with van der Waals surface area (Å²) in [6, 6.07) is 1.19. The van der Waals surface area contributed by atoms with Gasteiger partial charge in [0.25, 0.3) is 5.91 Å². The highest BCUT2D eigenvalue weighted by atomic mass is 32.1. The number of anilines is 1. The lowest BCUT2D eigenvalue weighted by Crippen LogP contribution is -2.24. The fraction of sp³-hybridized carbons (Fsp3) is 0.375. The van der Waals surface area contributed by atoms with Crippen molar-refractivity contribution in [3.05, 3.63) is 34.0 Å². The first-order chi connectivity index (χ1) is 11.8. The second-order valence-corrected chi connectivity index (χ2v) is 6.47. The van der Waals surface area contributed by atoms with Crippen molar-refractivity contribution >= 4 is 34.1 Å². The lowest BCUT2D eigenvalue weighted by molar-refractivity contribution is -0.119. The standard InChI is InChI=1S/C16H20N4O4S/c1-5-24-16(23)11-9(3)12(13(17)21)25-15(11)18-14(22)10(4)20-7-6-8(2)19-20/h6-7,10H,5H2,1-4H3,(H2,17,21)(H,18,22). The molecule has 0 saturated heterocycles. The Hall–Kier alpha value is -2.68. The molecule has 0 radical (unpaired) electrons. The van der Waals surface area contributed by atoms with Gasteiger partial charge < -0.3 is 15.8 Å². The first kappa shape index (κ1) is 18.7. The van der Waals surface area contributed by atoms with Crippen molar-refractivity contribution in [2.45, 2.75) is 33.7 Å². The molecular formula is C16H20N4O4S. The van der Waals surface area contributed by atoms with Crippen molar-refractivity contribution in [3.8, 4) is 0 Å². The van der Waals surface area contributed by atoms with Gasteiger partial charge in [-0.3, -0.25) is 14.3 Å². The molecule has 0 aliphatic heterocycles. The van der Waals surface area contributed by atoms with Crippen LogP contribution in [0.2, 0.25) is 0 Å². The van der Waals surface area contributed by atoms with Crippen molar-refractivity contribution in [2.24, 2.45) is 5.73 Å². The summed E-state index contributed by atoms with van der Waals surface area (Å²) in [6.07, 6.45) is 1.69. The molecule has 0 aliphatic carbocycles. The lowest BCUT2D eigenvalue weighted by atomic mass is 10.1. The Morgan fingerprint density at radius 2 is 2.08 bits per heavy atom. The highest BCUT2D eigenvalue weighted by Crippen LogP contribution is 2.34. The van der Waals surface area contributed by atoms with Crippen molar-refractivity contribution in [3.63, 3.8) is 0 Å². The fourth-order valence-corrected chi connectivity index (χ4v) is 3.32. The van der Waals surface area contributed by atoms with Crippen LogP contribution in [0, 0.1) is 13.8 Å². The third-order valence-corrected chi connectivity index (χ3v) is 4.83. The Bertz CT molecular complexity index is 824. The van der Waals surface area contributed by atoms with Crippen LogP contribution >= 0.6 is 11.3 Å². The van der Waals surface area contributed by atoms with Crippen LogP contribution in [0.25, 0.3) is 0 Å². The zero-order chi connectivity index (χ0) is 18.7. The summed E-state index contributed by atoms with van der Waals surface area (Å²) in [6.45, 7) is 6.95. The van der Waals surface area contributed by atoms with Crippen LogP contribution in [-0.2, 0) is 9.53 Å². The third-order valence-electron chi connectivity index (χ3n) is 3.60. The second-order valence-electron chi connectivity index (χ2n) is 5.45. The van der Waals surface area contributed by atoms with Crippen molar-refractivity contribution in [1.82, 2.24) is 9.78 Å². The first-order valence-electron chi connectivity index (χ1n) is 7.69. The number of rotatable bonds is 6. The molecule has 0 aliphatic rings. The number of nitrogens with two attached hydrogens (primary N) is 1. The number of nitrogens with zero attached hydrogens (tertiary/aromatic N) is 2. The molecule has 3 N–H and O–H groups in total. The summed E-state index contributed by atoms with van der Waals surface area (Å²) in [7, 11) is 0. The van der Waals surface area contributed by atoms with E-state index in [1.807, 2.05) is 6.92 Å². The van der Waals surface area contributed by atoms with Gasteiger partial charge in [0.1, 0.15) is 11.0 Å². The van der Waals surface area contributed by atoms with Crippen molar-refractivity contribution in [1.29, 1.82) is 0 Å². The average molecular weight is 364 g/mol. The maximum absolute atomic E-state index is 12.5. The van der Waals surface area contributed by atoms with Crippen LogP contribution in [0.1, 0.15) is 51.2 Å². The maximum atomic E-state index is 12.5. The number of carbonyl (C=O) groups is 3. The molecule has 0 fully saturated rings. The van der Waals surface area contributed by atoms with E-state index in [9.17, 15) is 14.4 Å². The van der Waals surface area contributed by atoms with Gasteiger partial charge in [0, 0.05) is 6.20 Å². The minimum absolute atomic E-state index is 0.151. The minimum atomic E-state index is -0.663. The highest BCUT2D eigenvalue weighted by molar-refractivity contribution is 7.18. The number of thiophene rings is 1. The van der Waals surface area contributed by atoms with E-state index in [1.54, 1.807) is 33.0 Å². The number of ether oxygens (including phenoxy) is 1. The van der Waals surface area contributed by atoms with E-state index in [0.29, 0.717) is 5.56 Å². The van der Waals surface area contributed by atoms with Gasteiger partial charge >= 0.3 is 5.97 Å². The molecule has 2 aromatic heterocycles. The SMILES string of the molecule is CCOC(=O)c1c(NC(=O)C(C)n2ccc(C)n2)sc(C(N)=O)c1C. The molecule has 134 valence electrons. The summed E-state index contributed by atoms with van der Waals surface area (Å²) in [4.78, 5) is 36.5. The van der Waals surface area contributed by atoms with Crippen molar-refractivity contribution < 1.29 is 19.1 Å². The molecule has 2 rings (SSSR count). The predicted molar refractivity (Wildman–Crippen MR) is 93.8 cm³/mol. The first-order valence-corrected chi connectivity index (χ1v) is 8.50. The van der Waals surface area contributed by atoms with Gasteiger partial charge in [-0.2, -0.15) is 5.10 Å². The largest absolute Gasteiger partial charge is 0.462 e. The number of aryl methyl sites for hydroxylation is 1. The number of primary amides is 1. The fourth-order valence-electron chi connectivity index (χ4n) is 2.27. The zero-order valence-electron chi connectivity index (χ0n) is 14.5. The molecule has 2 amide bonds. The number of carbonyl (C=O) groups excluding carboxylic acids is 3. The monoisotopic (exact) mass is 364 g/mol. The summed E-state index contributed by atoms with van der Waals surface area (Å²) in [5.74, 6) is -1.64. The molecule has 1 unspecified atom stereocenters. The van der Waals surface area contributed by atoms with Crippen LogP contribution in [0.15, 0.2) is 12.3 Å². The van der Waals surface area contributed by atoms with Crippen molar-refractivity contribution in [2.75, 3.05) is 11.9 Å². The summed E-state index contributed by atoms with van der Waals surface area (Å²) in [5, 5.41) is 7.13. The third kappa shape index (κ3) is 3.87. The van der Waals surface area contributed by atoms with Crippen LogP contribution < -0.4 is 11.1 Å². The molecule has 0 spiro atoms. The number of esters is 1. The van der Waals surface area contributed by atoms with Gasteiger partial charge in [-0.25, -0.2) is 4.79 Å². The van der Waals surface area contributed by atoms with Crippen LogP contribution in [0.5, 0.6) is 0 Å². The van der Waals surface area contributed by atoms with Crippen LogP contribution in [-0.4, -0.2) is 34.2 Å². The number of amides is 2. The topological polar surface area (TPSA) is 116 Å². The summed E-state index contributed by atoms with van der Waals surface area (Å²) >= 11 is 0.958. The molecule has 25 heavy (non-hydrogen) atoms. The van der Waals surface area contributed by atoms with E-state index in [0.717, 1.165) is 17.0 Å². The normalized spacial score (nSPS) is 11.8. The number of hydrogen-bond donors (Lipinski definition) is 2. The molecule has 0 saturated carbocycles. The molecular weight excluding hydrogens is 344 g/mol.